The molecule has 3 rings (SSSR count). The molecule has 0 bridgehead atoms. The van der Waals surface area contributed by atoms with E-state index in [1.165, 1.54) is 12.1 Å². The van der Waals surface area contributed by atoms with Gasteiger partial charge >= 0.3 is 11.9 Å². The summed E-state index contributed by atoms with van der Waals surface area (Å²) in [5.41, 5.74) is 1.39. The Balaban J connectivity index is 2.11. The van der Waals surface area contributed by atoms with Gasteiger partial charge in [0.15, 0.2) is 0 Å². The number of rotatable bonds is 3. The monoisotopic (exact) mass is 321 g/mol. The van der Waals surface area contributed by atoms with Gasteiger partial charge in [-0.3, -0.25) is 0 Å². The lowest BCUT2D eigenvalue weighted by atomic mass is 9.77. The van der Waals surface area contributed by atoms with Crippen molar-refractivity contribution in [2.45, 2.75) is 25.3 Å². The number of carbonyl (C=O) groups is 2. The number of halogens is 1. The Bertz CT molecular complexity index is 670. The van der Waals surface area contributed by atoms with Gasteiger partial charge in [-0.1, -0.05) is 23.8 Å². The van der Waals surface area contributed by atoms with Crippen molar-refractivity contribution in [2.75, 3.05) is 11.9 Å². The molecule has 2 aliphatic rings. The van der Waals surface area contributed by atoms with E-state index in [1.54, 1.807) is 6.92 Å². The lowest BCUT2D eigenvalue weighted by Gasteiger charge is -2.36. The average Bonchev–Trinajstić information content (AvgIpc) is 2.96. The van der Waals surface area contributed by atoms with E-state index in [1.807, 2.05) is 12.2 Å². The fraction of sp³-hybridized carbons (Fsp3) is 0.375. The maximum atomic E-state index is 12.2. The zero-order chi connectivity index (χ0) is 15.9. The number of benzene rings is 1. The van der Waals surface area contributed by atoms with Crippen molar-refractivity contribution in [1.82, 2.24) is 0 Å². The first-order valence-electron chi connectivity index (χ1n) is 7.20. The number of esters is 1. The second-order valence-corrected chi connectivity index (χ2v) is 5.82. The molecule has 22 heavy (non-hydrogen) atoms. The Morgan fingerprint density at radius 3 is 2.91 bits per heavy atom. The van der Waals surface area contributed by atoms with Crippen LogP contribution in [0.15, 0.2) is 24.3 Å². The minimum absolute atomic E-state index is 0.0527. The number of carboxylic acids is 1. The molecule has 0 fully saturated rings. The summed E-state index contributed by atoms with van der Waals surface area (Å²) in [6.45, 7) is 2.06. The van der Waals surface area contributed by atoms with Gasteiger partial charge in [-0.25, -0.2) is 9.59 Å². The van der Waals surface area contributed by atoms with Gasteiger partial charge in [0.05, 0.1) is 22.9 Å². The number of ether oxygens (including phenoxy) is 1. The zero-order valence-corrected chi connectivity index (χ0v) is 12.8. The molecular weight excluding hydrogens is 306 g/mol. The van der Waals surface area contributed by atoms with Crippen LogP contribution in [0.2, 0.25) is 5.02 Å². The van der Waals surface area contributed by atoms with E-state index >= 15 is 0 Å². The van der Waals surface area contributed by atoms with E-state index in [4.69, 9.17) is 16.3 Å². The van der Waals surface area contributed by atoms with Gasteiger partial charge in [0.1, 0.15) is 6.04 Å². The summed E-state index contributed by atoms with van der Waals surface area (Å²) in [7, 11) is 0. The van der Waals surface area contributed by atoms with Crippen LogP contribution < -0.4 is 5.32 Å². The highest BCUT2D eigenvalue weighted by molar-refractivity contribution is 6.33. The van der Waals surface area contributed by atoms with Crippen LogP contribution in [-0.2, 0) is 9.53 Å². The number of hydrogen-bond donors (Lipinski definition) is 2. The summed E-state index contributed by atoms with van der Waals surface area (Å²) >= 11 is 6.22. The molecule has 6 heteroatoms. The van der Waals surface area contributed by atoms with Crippen molar-refractivity contribution in [2.24, 2.45) is 5.92 Å². The summed E-state index contributed by atoms with van der Waals surface area (Å²) in [6.07, 6.45) is 4.64. The first-order chi connectivity index (χ1) is 10.5. The van der Waals surface area contributed by atoms with Gasteiger partial charge in [-0.2, -0.15) is 0 Å². The van der Waals surface area contributed by atoms with Crippen LogP contribution in [0.3, 0.4) is 0 Å². The van der Waals surface area contributed by atoms with E-state index in [-0.39, 0.29) is 23.4 Å². The van der Waals surface area contributed by atoms with Crippen LogP contribution in [0.25, 0.3) is 0 Å². The SMILES string of the molecule is CCOC(=O)[C@H]1Nc2c(Cl)ccc(C(=O)O)c2[C@@H]2C=CC[C@@H]12. The maximum absolute atomic E-state index is 12.2. The minimum atomic E-state index is -0.997. The van der Waals surface area contributed by atoms with Crippen molar-refractivity contribution in [3.63, 3.8) is 0 Å². The largest absolute Gasteiger partial charge is 0.478 e. The molecule has 0 saturated carbocycles. The summed E-state index contributed by atoms with van der Waals surface area (Å²) in [5, 5.41) is 12.9. The summed E-state index contributed by atoms with van der Waals surface area (Å²) < 4.78 is 5.13. The van der Waals surface area contributed by atoms with Gasteiger partial charge in [0, 0.05) is 11.8 Å². The number of carbonyl (C=O) groups excluding carboxylic acids is 1. The molecule has 1 aliphatic carbocycles. The van der Waals surface area contributed by atoms with E-state index < -0.39 is 12.0 Å². The Morgan fingerprint density at radius 1 is 1.45 bits per heavy atom. The highest BCUT2D eigenvalue weighted by Crippen LogP contribution is 2.48. The molecule has 0 radical (unpaired) electrons. The second-order valence-electron chi connectivity index (χ2n) is 5.42. The number of fused-ring (bicyclic) bond motifs is 3. The predicted molar refractivity (Wildman–Crippen MR) is 82.4 cm³/mol. The highest BCUT2D eigenvalue weighted by atomic mass is 35.5. The Morgan fingerprint density at radius 2 is 2.23 bits per heavy atom. The average molecular weight is 322 g/mol. The third kappa shape index (κ3) is 2.25. The van der Waals surface area contributed by atoms with E-state index in [2.05, 4.69) is 5.32 Å². The van der Waals surface area contributed by atoms with Crippen molar-refractivity contribution in [1.29, 1.82) is 0 Å². The molecule has 0 saturated heterocycles. The minimum Gasteiger partial charge on any atom is -0.478 e. The van der Waals surface area contributed by atoms with Crippen molar-refractivity contribution < 1.29 is 19.4 Å². The molecule has 2 N–H and O–H groups in total. The molecule has 1 heterocycles. The molecule has 3 atom stereocenters. The molecule has 0 amide bonds. The third-order valence-corrected chi connectivity index (χ3v) is 4.55. The van der Waals surface area contributed by atoms with Crippen molar-refractivity contribution in [3.05, 3.63) is 40.4 Å². The zero-order valence-electron chi connectivity index (χ0n) is 12.0. The molecule has 1 aromatic rings. The molecule has 116 valence electrons. The fourth-order valence-corrected chi connectivity index (χ4v) is 3.55. The quantitative estimate of drug-likeness (QED) is 0.661. The molecule has 1 aromatic carbocycles. The molecule has 5 nitrogen and oxygen atoms in total. The first kappa shape index (κ1) is 14.9. The third-order valence-electron chi connectivity index (χ3n) is 4.24. The van der Waals surface area contributed by atoms with E-state index in [0.717, 1.165) is 0 Å². The van der Waals surface area contributed by atoms with Crippen LogP contribution in [0.1, 0.15) is 35.2 Å². The van der Waals surface area contributed by atoms with Crippen molar-refractivity contribution in [3.8, 4) is 0 Å². The fourth-order valence-electron chi connectivity index (χ4n) is 3.33. The maximum Gasteiger partial charge on any atom is 0.336 e. The lowest BCUT2D eigenvalue weighted by molar-refractivity contribution is -0.145. The number of hydrogen-bond acceptors (Lipinski definition) is 4. The molecule has 0 spiro atoms. The number of carboxylic acid groups (broad SMARTS) is 1. The van der Waals surface area contributed by atoms with Gasteiger partial charge in [-0.05, 0) is 31.0 Å². The van der Waals surface area contributed by atoms with Crippen LogP contribution in [-0.4, -0.2) is 29.7 Å². The predicted octanol–water partition coefficient (Wildman–Crippen LogP) is 3.06. The highest BCUT2D eigenvalue weighted by Gasteiger charge is 2.43. The first-order valence-corrected chi connectivity index (χ1v) is 7.58. The van der Waals surface area contributed by atoms with Crippen LogP contribution >= 0.6 is 11.6 Å². The molecule has 1 aliphatic heterocycles. The van der Waals surface area contributed by atoms with Crippen molar-refractivity contribution >= 4 is 29.2 Å². The topological polar surface area (TPSA) is 75.6 Å². The lowest BCUT2D eigenvalue weighted by Crippen LogP contribution is -2.43. The smallest absolute Gasteiger partial charge is 0.336 e. The molecular formula is C16H16ClNO4. The second kappa shape index (κ2) is 5.65. The van der Waals surface area contributed by atoms with E-state index in [0.29, 0.717) is 29.3 Å². The number of nitrogens with one attached hydrogen (secondary N) is 1. The van der Waals surface area contributed by atoms with Gasteiger partial charge in [0.2, 0.25) is 0 Å². The summed E-state index contributed by atoms with van der Waals surface area (Å²) in [4.78, 5) is 23.7. The van der Waals surface area contributed by atoms with Crippen LogP contribution in [0.4, 0.5) is 5.69 Å². The summed E-state index contributed by atoms with van der Waals surface area (Å²) in [6, 6.07) is 2.53. The Labute approximate surface area is 132 Å². The normalized spacial score (nSPS) is 25.1. The Hall–Kier alpha value is -2.01. The van der Waals surface area contributed by atoms with Crippen LogP contribution in [0, 0.1) is 5.92 Å². The standard InChI is InChI=1S/C16H16ClNO4/c1-2-22-16(21)13-9-5-3-4-8(9)12-10(15(19)20)6-7-11(17)14(12)18-13/h3-4,6-9,13,18H,2,5H2,1H3,(H,19,20)/t8-,9-,13+/m1/s1. The molecule has 0 unspecified atom stereocenters. The number of allylic oxidation sites excluding steroid dienone is 2. The van der Waals surface area contributed by atoms with Crippen LogP contribution in [0.5, 0.6) is 0 Å². The number of anilines is 1. The van der Waals surface area contributed by atoms with Gasteiger partial charge < -0.3 is 15.2 Å². The molecule has 0 aromatic heterocycles. The Kier molecular flexibility index (Phi) is 3.83. The van der Waals surface area contributed by atoms with Gasteiger partial charge in [0.25, 0.3) is 0 Å². The van der Waals surface area contributed by atoms with Gasteiger partial charge in [-0.15, -0.1) is 0 Å². The van der Waals surface area contributed by atoms with E-state index in [9.17, 15) is 14.7 Å². The summed E-state index contributed by atoms with van der Waals surface area (Å²) in [5.74, 6) is -1.52. The number of aromatic carboxylic acids is 1.